The van der Waals surface area contributed by atoms with E-state index in [1.54, 1.807) is 30.3 Å². The van der Waals surface area contributed by atoms with Gasteiger partial charge in [0.15, 0.2) is 0 Å². The third kappa shape index (κ3) is 4.61. The molecule has 0 unspecified atom stereocenters. The monoisotopic (exact) mass is 414 g/mol. The number of rotatable bonds is 5. The molecule has 3 aromatic rings. The lowest BCUT2D eigenvalue weighted by Crippen LogP contribution is -2.14. The van der Waals surface area contributed by atoms with Gasteiger partial charge in [-0.25, -0.2) is 8.42 Å². The number of primary amides is 1. The first-order valence-corrected chi connectivity index (χ1v) is 11.0. The van der Waals surface area contributed by atoms with Crippen LogP contribution in [0.1, 0.15) is 31.2 Å². The van der Waals surface area contributed by atoms with Crippen molar-refractivity contribution in [1.82, 2.24) is 0 Å². The average molecular weight is 415 g/mol. The van der Waals surface area contributed by atoms with Gasteiger partial charge in [0.25, 0.3) is 10.0 Å². The predicted octanol–water partition coefficient (Wildman–Crippen LogP) is 4.50. The fourth-order valence-corrected chi connectivity index (χ4v) is 4.72. The summed E-state index contributed by atoms with van der Waals surface area (Å²) in [5.41, 5.74) is 6.63. The zero-order chi connectivity index (χ0) is 20.5. The number of hydrogen-bond acceptors (Lipinski definition) is 4. The summed E-state index contributed by atoms with van der Waals surface area (Å²) < 4.78 is 29.0. The molecule has 2 aromatic carbocycles. The van der Waals surface area contributed by atoms with Crippen LogP contribution in [-0.4, -0.2) is 14.3 Å². The number of nitrogens with one attached hydrogen (secondary N) is 1. The van der Waals surface area contributed by atoms with Crippen LogP contribution in [0.3, 0.4) is 0 Å². The smallest absolute Gasteiger partial charge is 0.261 e. The van der Waals surface area contributed by atoms with Crippen molar-refractivity contribution in [2.75, 3.05) is 4.72 Å². The van der Waals surface area contributed by atoms with Crippen molar-refractivity contribution in [3.05, 3.63) is 65.0 Å². The first-order valence-electron chi connectivity index (χ1n) is 8.69. The SMILES string of the molecule is CC(C)(C)c1ccc(S(=O)(=O)Nc2ccc3sc(/C=C/C(N)=O)cc3c2)cc1. The van der Waals surface area contributed by atoms with Crippen molar-refractivity contribution in [3.8, 4) is 0 Å². The van der Waals surface area contributed by atoms with Gasteiger partial charge in [0, 0.05) is 21.3 Å². The lowest BCUT2D eigenvalue weighted by Gasteiger charge is -2.19. The molecule has 28 heavy (non-hydrogen) atoms. The Labute approximate surface area is 168 Å². The number of hydrogen-bond donors (Lipinski definition) is 2. The number of fused-ring (bicyclic) bond motifs is 1. The van der Waals surface area contributed by atoms with Crippen molar-refractivity contribution in [1.29, 1.82) is 0 Å². The molecule has 1 aromatic heterocycles. The Kier molecular flexibility index (Phi) is 5.32. The van der Waals surface area contributed by atoms with Crippen molar-refractivity contribution >= 4 is 49.1 Å². The highest BCUT2D eigenvalue weighted by molar-refractivity contribution is 7.92. The molecule has 0 saturated carbocycles. The molecular weight excluding hydrogens is 392 g/mol. The maximum absolute atomic E-state index is 12.7. The maximum atomic E-state index is 12.7. The summed E-state index contributed by atoms with van der Waals surface area (Å²) in [6.07, 6.45) is 2.95. The van der Waals surface area contributed by atoms with E-state index in [-0.39, 0.29) is 10.3 Å². The first-order chi connectivity index (χ1) is 13.0. The number of thiophene rings is 1. The molecule has 3 rings (SSSR count). The molecule has 0 spiro atoms. The molecular formula is C21H22N2O3S2. The van der Waals surface area contributed by atoms with E-state index in [0.717, 1.165) is 20.5 Å². The second-order valence-corrected chi connectivity index (χ2v) is 10.3. The summed E-state index contributed by atoms with van der Waals surface area (Å²) in [6, 6.07) is 14.2. The van der Waals surface area contributed by atoms with Gasteiger partial charge in [-0.2, -0.15) is 0 Å². The Morgan fingerprint density at radius 3 is 2.36 bits per heavy atom. The molecule has 7 heteroatoms. The van der Waals surface area contributed by atoms with Gasteiger partial charge in [0.1, 0.15) is 0 Å². The van der Waals surface area contributed by atoms with Crippen molar-refractivity contribution in [2.24, 2.45) is 5.73 Å². The van der Waals surface area contributed by atoms with E-state index in [2.05, 4.69) is 25.5 Å². The fourth-order valence-electron chi connectivity index (χ4n) is 2.72. The molecule has 0 radical (unpaired) electrons. The van der Waals surface area contributed by atoms with E-state index in [9.17, 15) is 13.2 Å². The average Bonchev–Trinajstić information content (AvgIpc) is 3.01. The van der Waals surface area contributed by atoms with E-state index < -0.39 is 15.9 Å². The number of sulfonamides is 1. The summed E-state index contributed by atoms with van der Waals surface area (Å²) in [4.78, 5) is 12.0. The zero-order valence-corrected chi connectivity index (χ0v) is 17.5. The number of carbonyl (C=O) groups is 1. The molecule has 5 nitrogen and oxygen atoms in total. The van der Waals surface area contributed by atoms with Crippen LogP contribution >= 0.6 is 11.3 Å². The summed E-state index contributed by atoms with van der Waals surface area (Å²) in [7, 11) is -3.68. The zero-order valence-electron chi connectivity index (χ0n) is 15.9. The minimum absolute atomic E-state index is 0.0413. The lowest BCUT2D eigenvalue weighted by molar-refractivity contribution is -0.113. The van der Waals surface area contributed by atoms with Crippen LogP contribution in [0.5, 0.6) is 0 Å². The van der Waals surface area contributed by atoms with Crippen LogP contribution in [-0.2, 0) is 20.2 Å². The highest BCUT2D eigenvalue weighted by Gasteiger charge is 2.18. The third-order valence-corrected chi connectivity index (χ3v) is 6.71. The van der Waals surface area contributed by atoms with Crippen LogP contribution in [0.4, 0.5) is 5.69 Å². The molecule has 0 atom stereocenters. The van der Waals surface area contributed by atoms with Crippen molar-refractivity contribution in [3.63, 3.8) is 0 Å². The molecule has 0 aliphatic carbocycles. The molecule has 146 valence electrons. The quantitative estimate of drug-likeness (QED) is 0.603. The van der Waals surface area contributed by atoms with E-state index in [0.29, 0.717) is 5.69 Å². The maximum Gasteiger partial charge on any atom is 0.261 e. The van der Waals surface area contributed by atoms with Crippen LogP contribution in [0.25, 0.3) is 16.2 Å². The summed E-state index contributed by atoms with van der Waals surface area (Å²) in [5, 5.41) is 0.886. The minimum atomic E-state index is -3.68. The number of nitrogens with two attached hydrogens (primary N) is 1. The Morgan fingerprint density at radius 2 is 1.75 bits per heavy atom. The molecule has 3 N–H and O–H groups in total. The molecule has 1 amide bonds. The molecule has 0 bridgehead atoms. The molecule has 0 aliphatic heterocycles. The standard InChI is InChI=1S/C21H22N2O3S2/c1-21(2,3)15-4-8-18(9-5-15)28(25,26)23-16-6-10-19-14(12-16)13-17(27-19)7-11-20(22)24/h4-13,23H,1-3H3,(H2,22,24)/b11-7+. The van der Waals surface area contributed by atoms with Gasteiger partial charge in [-0.1, -0.05) is 32.9 Å². The third-order valence-electron chi connectivity index (χ3n) is 4.23. The highest BCUT2D eigenvalue weighted by Crippen LogP contribution is 2.30. The van der Waals surface area contributed by atoms with Crippen LogP contribution in [0.2, 0.25) is 0 Å². The van der Waals surface area contributed by atoms with Gasteiger partial charge in [-0.3, -0.25) is 9.52 Å². The largest absolute Gasteiger partial charge is 0.366 e. The molecule has 0 fully saturated rings. The topological polar surface area (TPSA) is 89.3 Å². The normalized spacial score (nSPS) is 12.5. The van der Waals surface area contributed by atoms with Crippen LogP contribution in [0, 0.1) is 0 Å². The first kappa shape index (κ1) is 20.1. The fraction of sp³-hybridized carbons (Fsp3) is 0.190. The van der Waals surface area contributed by atoms with Gasteiger partial charge >= 0.3 is 0 Å². The van der Waals surface area contributed by atoms with Crippen molar-refractivity contribution < 1.29 is 13.2 Å². The van der Waals surface area contributed by atoms with Gasteiger partial charge in [0.2, 0.25) is 5.91 Å². The number of benzene rings is 2. The Hall–Kier alpha value is -2.64. The van der Waals surface area contributed by atoms with Crippen LogP contribution in [0.15, 0.2) is 59.5 Å². The predicted molar refractivity (Wildman–Crippen MR) is 116 cm³/mol. The minimum Gasteiger partial charge on any atom is -0.366 e. The Balaban J connectivity index is 1.85. The second-order valence-electron chi connectivity index (χ2n) is 7.52. The van der Waals surface area contributed by atoms with Crippen molar-refractivity contribution in [2.45, 2.75) is 31.1 Å². The highest BCUT2D eigenvalue weighted by atomic mass is 32.2. The van der Waals surface area contributed by atoms with Gasteiger partial charge < -0.3 is 5.73 Å². The summed E-state index contributed by atoms with van der Waals surface area (Å²) >= 11 is 1.49. The summed E-state index contributed by atoms with van der Waals surface area (Å²) in [5.74, 6) is -0.511. The number of anilines is 1. The van der Waals surface area contributed by atoms with Crippen LogP contribution < -0.4 is 10.5 Å². The molecule has 0 saturated heterocycles. The molecule has 1 heterocycles. The van der Waals surface area contributed by atoms with E-state index in [4.69, 9.17) is 5.73 Å². The molecule has 0 aliphatic rings. The van der Waals surface area contributed by atoms with Gasteiger partial charge in [-0.05, 0) is 58.8 Å². The Bertz CT molecular complexity index is 1150. The lowest BCUT2D eigenvalue weighted by atomic mass is 9.87. The number of carbonyl (C=O) groups excluding carboxylic acids is 1. The Morgan fingerprint density at radius 1 is 1.07 bits per heavy atom. The van der Waals surface area contributed by atoms with E-state index in [1.807, 2.05) is 24.3 Å². The van der Waals surface area contributed by atoms with E-state index in [1.165, 1.54) is 17.4 Å². The van der Waals surface area contributed by atoms with Gasteiger partial charge in [-0.15, -0.1) is 11.3 Å². The van der Waals surface area contributed by atoms with Gasteiger partial charge in [0.05, 0.1) is 4.90 Å². The second kappa shape index (κ2) is 7.41. The van der Waals surface area contributed by atoms with E-state index >= 15 is 0 Å². The number of amides is 1. The summed E-state index contributed by atoms with van der Waals surface area (Å²) in [6.45, 7) is 6.24.